The molecule has 144 valence electrons. The van der Waals surface area contributed by atoms with Gasteiger partial charge in [-0.15, -0.1) is 0 Å². The van der Waals surface area contributed by atoms with Crippen LogP contribution in [0.15, 0.2) is 42.6 Å². The van der Waals surface area contributed by atoms with E-state index in [9.17, 15) is 4.79 Å². The number of benzene rings is 1. The molecule has 0 bridgehead atoms. The molecule has 0 unspecified atom stereocenters. The van der Waals surface area contributed by atoms with E-state index in [1.807, 2.05) is 42.1 Å². The van der Waals surface area contributed by atoms with Crippen LogP contribution in [0.25, 0.3) is 0 Å². The molecule has 2 aliphatic heterocycles. The molecule has 1 aromatic carbocycles. The monoisotopic (exact) mass is 369 g/mol. The number of rotatable bonds is 5. The Morgan fingerprint density at radius 2 is 2.11 bits per heavy atom. The summed E-state index contributed by atoms with van der Waals surface area (Å²) in [5.41, 5.74) is 1.92. The maximum atomic E-state index is 12.7. The Bertz CT molecular complexity index is 786. The minimum Gasteiger partial charge on any atom is -0.497 e. The van der Waals surface area contributed by atoms with Crippen LogP contribution in [0.5, 0.6) is 5.75 Å². The van der Waals surface area contributed by atoms with Gasteiger partial charge < -0.3 is 19.4 Å². The van der Waals surface area contributed by atoms with E-state index in [2.05, 4.69) is 22.3 Å². The number of aryl methyl sites for hydroxylation is 1. The van der Waals surface area contributed by atoms with E-state index in [0.29, 0.717) is 11.7 Å². The summed E-state index contributed by atoms with van der Waals surface area (Å²) in [6.45, 7) is 2.43. The highest BCUT2D eigenvalue weighted by Gasteiger charge is 2.44. The molecule has 0 radical (unpaired) electrons. The summed E-state index contributed by atoms with van der Waals surface area (Å²) in [5.74, 6) is 0.832. The van der Waals surface area contributed by atoms with Crippen LogP contribution in [0.2, 0.25) is 0 Å². The molecule has 6 heteroatoms. The molecule has 2 fully saturated rings. The van der Waals surface area contributed by atoms with Gasteiger partial charge in [-0.3, -0.25) is 9.69 Å². The van der Waals surface area contributed by atoms with E-state index >= 15 is 0 Å². The minimum atomic E-state index is -0.0354. The standard InChI is InChI=1S/C21H27N3O3/c1-23-11-3-5-19(23)21(25)22-17-14-24(18-6-4-12-27-20(17)18)13-15-7-9-16(26-2)10-8-15/h3,5,7-11,17-18,20H,4,6,12-14H2,1-2H3,(H,22,25)/t17-,18-,20-/m1/s1. The van der Waals surface area contributed by atoms with Gasteiger partial charge in [-0.25, -0.2) is 0 Å². The van der Waals surface area contributed by atoms with Crippen LogP contribution in [0.1, 0.15) is 28.9 Å². The van der Waals surface area contributed by atoms with Crippen LogP contribution in [-0.2, 0) is 18.3 Å². The second kappa shape index (κ2) is 7.74. The Labute approximate surface area is 160 Å². The van der Waals surface area contributed by atoms with Crippen molar-refractivity contribution in [2.24, 2.45) is 7.05 Å². The maximum Gasteiger partial charge on any atom is 0.268 e. The number of ether oxygens (including phenoxy) is 2. The number of methoxy groups -OCH3 is 1. The molecule has 3 heterocycles. The number of carbonyl (C=O) groups is 1. The Hall–Kier alpha value is -2.31. The van der Waals surface area contributed by atoms with Crippen molar-refractivity contribution >= 4 is 5.91 Å². The topological polar surface area (TPSA) is 55.7 Å². The fraction of sp³-hybridized carbons (Fsp3) is 0.476. The van der Waals surface area contributed by atoms with Crippen molar-refractivity contribution in [3.05, 3.63) is 53.9 Å². The smallest absolute Gasteiger partial charge is 0.268 e. The number of nitrogens with one attached hydrogen (secondary N) is 1. The van der Waals surface area contributed by atoms with Crippen molar-refractivity contribution in [3.8, 4) is 5.75 Å². The van der Waals surface area contributed by atoms with Gasteiger partial charge in [0.05, 0.1) is 19.3 Å². The van der Waals surface area contributed by atoms with E-state index in [0.717, 1.165) is 38.3 Å². The highest BCUT2D eigenvalue weighted by Crippen LogP contribution is 2.30. The zero-order valence-electron chi connectivity index (χ0n) is 15.9. The highest BCUT2D eigenvalue weighted by atomic mass is 16.5. The van der Waals surface area contributed by atoms with Crippen LogP contribution in [0, 0.1) is 0 Å². The second-order valence-corrected chi connectivity index (χ2v) is 7.41. The molecule has 0 aliphatic carbocycles. The summed E-state index contributed by atoms with van der Waals surface area (Å²) in [6.07, 6.45) is 4.12. The fourth-order valence-corrected chi connectivity index (χ4v) is 4.27. The molecule has 1 aromatic heterocycles. The van der Waals surface area contributed by atoms with Gasteiger partial charge in [0.25, 0.3) is 5.91 Å². The Morgan fingerprint density at radius 1 is 1.30 bits per heavy atom. The Morgan fingerprint density at radius 3 is 2.81 bits per heavy atom. The molecular formula is C21H27N3O3. The predicted molar refractivity (Wildman–Crippen MR) is 103 cm³/mol. The number of carbonyl (C=O) groups excluding carboxylic acids is 1. The van der Waals surface area contributed by atoms with E-state index in [1.165, 1.54) is 5.56 Å². The minimum absolute atomic E-state index is 0.0101. The molecule has 1 N–H and O–H groups in total. The number of hydrogen-bond donors (Lipinski definition) is 1. The largest absolute Gasteiger partial charge is 0.497 e. The quantitative estimate of drug-likeness (QED) is 0.878. The molecule has 3 atom stereocenters. The summed E-state index contributed by atoms with van der Waals surface area (Å²) in [7, 11) is 3.57. The van der Waals surface area contributed by atoms with Crippen molar-refractivity contribution < 1.29 is 14.3 Å². The van der Waals surface area contributed by atoms with Crippen molar-refractivity contribution in [1.29, 1.82) is 0 Å². The summed E-state index contributed by atoms with van der Waals surface area (Å²) in [4.78, 5) is 15.1. The molecule has 1 amide bonds. The van der Waals surface area contributed by atoms with Gasteiger partial charge in [-0.2, -0.15) is 0 Å². The Kier molecular flexibility index (Phi) is 5.18. The lowest BCUT2D eigenvalue weighted by atomic mass is 10.0. The van der Waals surface area contributed by atoms with Crippen molar-refractivity contribution in [1.82, 2.24) is 14.8 Å². The van der Waals surface area contributed by atoms with Crippen LogP contribution in [0.3, 0.4) is 0 Å². The molecular weight excluding hydrogens is 342 g/mol. The number of aromatic nitrogens is 1. The van der Waals surface area contributed by atoms with Gasteiger partial charge in [0.1, 0.15) is 11.4 Å². The third-order valence-corrected chi connectivity index (χ3v) is 5.67. The zero-order valence-corrected chi connectivity index (χ0v) is 15.9. The highest BCUT2D eigenvalue weighted by molar-refractivity contribution is 5.93. The lowest BCUT2D eigenvalue weighted by molar-refractivity contribution is -0.0211. The summed E-state index contributed by atoms with van der Waals surface area (Å²) in [6, 6.07) is 12.3. The number of likely N-dealkylation sites (tertiary alicyclic amines) is 1. The normalized spacial score (nSPS) is 25.2. The Balaban J connectivity index is 1.47. The van der Waals surface area contributed by atoms with E-state index in [-0.39, 0.29) is 18.1 Å². The SMILES string of the molecule is COc1ccc(CN2C[C@@H](NC(=O)c3cccn3C)[C@H]3OCCC[C@H]32)cc1. The van der Waals surface area contributed by atoms with Crippen molar-refractivity contribution in [3.63, 3.8) is 0 Å². The molecule has 2 aliphatic rings. The van der Waals surface area contributed by atoms with Gasteiger partial charge in [0.15, 0.2) is 0 Å². The van der Waals surface area contributed by atoms with Crippen molar-refractivity contribution in [2.45, 2.75) is 37.6 Å². The molecule has 2 aromatic rings. The zero-order chi connectivity index (χ0) is 18.8. The molecule has 27 heavy (non-hydrogen) atoms. The number of fused-ring (bicyclic) bond motifs is 1. The third kappa shape index (κ3) is 3.73. The average molecular weight is 369 g/mol. The van der Waals surface area contributed by atoms with Crippen LogP contribution < -0.4 is 10.1 Å². The maximum absolute atomic E-state index is 12.7. The van der Waals surface area contributed by atoms with E-state index in [4.69, 9.17) is 9.47 Å². The summed E-state index contributed by atoms with van der Waals surface area (Å²) in [5, 5.41) is 3.21. The number of amides is 1. The van der Waals surface area contributed by atoms with E-state index < -0.39 is 0 Å². The first-order valence-corrected chi connectivity index (χ1v) is 9.56. The molecule has 2 saturated heterocycles. The van der Waals surface area contributed by atoms with Crippen LogP contribution >= 0.6 is 0 Å². The molecule has 0 saturated carbocycles. The first-order chi connectivity index (χ1) is 13.2. The molecule has 4 rings (SSSR count). The third-order valence-electron chi connectivity index (χ3n) is 5.67. The van der Waals surface area contributed by atoms with Gasteiger partial charge >= 0.3 is 0 Å². The number of nitrogens with zero attached hydrogens (tertiary/aromatic N) is 2. The van der Waals surface area contributed by atoms with Gasteiger partial charge in [0, 0.05) is 39.0 Å². The second-order valence-electron chi connectivity index (χ2n) is 7.41. The summed E-state index contributed by atoms with van der Waals surface area (Å²) >= 11 is 0. The molecule has 6 nitrogen and oxygen atoms in total. The number of hydrogen-bond acceptors (Lipinski definition) is 4. The fourth-order valence-electron chi connectivity index (χ4n) is 4.27. The van der Waals surface area contributed by atoms with Crippen molar-refractivity contribution in [2.75, 3.05) is 20.3 Å². The molecule has 0 spiro atoms. The van der Waals surface area contributed by atoms with E-state index in [1.54, 1.807) is 7.11 Å². The first-order valence-electron chi connectivity index (χ1n) is 9.56. The van der Waals surface area contributed by atoms with Crippen LogP contribution in [-0.4, -0.2) is 53.8 Å². The van der Waals surface area contributed by atoms with Gasteiger partial charge in [-0.05, 0) is 42.7 Å². The van der Waals surface area contributed by atoms with Crippen LogP contribution in [0.4, 0.5) is 0 Å². The van der Waals surface area contributed by atoms with Gasteiger partial charge in [0.2, 0.25) is 0 Å². The lowest BCUT2D eigenvalue weighted by Gasteiger charge is -2.32. The predicted octanol–water partition coefficient (Wildman–Crippen LogP) is 2.20. The summed E-state index contributed by atoms with van der Waals surface area (Å²) < 4.78 is 13.2. The van der Waals surface area contributed by atoms with Gasteiger partial charge in [-0.1, -0.05) is 12.1 Å². The lowest BCUT2D eigenvalue weighted by Crippen LogP contribution is -2.47. The average Bonchev–Trinajstić information content (AvgIpc) is 3.27. The first kappa shape index (κ1) is 18.1.